The lowest BCUT2D eigenvalue weighted by molar-refractivity contribution is -0.796. The molecule has 0 atom stereocenters. The first-order chi connectivity index (χ1) is 9.50. The highest BCUT2D eigenvalue weighted by molar-refractivity contribution is 5.74. The van der Waals surface area contributed by atoms with E-state index in [0.717, 1.165) is 22.4 Å². The Morgan fingerprint density at radius 3 is 2.45 bits per heavy atom. The minimum atomic E-state index is 0.352. The Morgan fingerprint density at radius 2 is 1.80 bits per heavy atom. The van der Waals surface area contributed by atoms with Crippen molar-refractivity contribution in [3.8, 4) is 11.5 Å². The second-order valence-electron chi connectivity index (χ2n) is 6.61. The summed E-state index contributed by atoms with van der Waals surface area (Å²) >= 11 is 0. The summed E-state index contributed by atoms with van der Waals surface area (Å²) in [4.78, 5) is 0. The van der Waals surface area contributed by atoms with Gasteiger partial charge in [-0.05, 0) is 36.1 Å². The van der Waals surface area contributed by atoms with Crippen molar-refractivity contribution in [1.82, 2.24) is 0 Å². The van der Waals surface area contributed by atoms with Gasteiger partial charge in [0.1, 0.15) is 5.70 Å². The molecular weight excluding hydrogens is 250 g/mol. The molecule has 108 valence electrons. The van der Waals surface area contributed by atoms with Gasteiger partial charge in [0.2, 0.25) is 6.79 Å². The van der Waals surface area contributed by atoms with Crippen LogP contribution in [0.1, 0.15) is 37.3 Å². The molecule has 0 fully saturated rings. The van der Waals surface area contributed by atoms with Gasteiger partial charge in [-0.1, -0.05) is 13.3 Å². The molecule has 0 spiro atoms. The Kier molecular flexibility index (Phi) is 3.25. The minimum absolute atomic E-state index is 0.352. The average molecular weight is 274 g/mol. The number of hydrogen-bond acceptors (Lipinski definition) is 2. The minimum Gasteiger partial charge on any atom is -0.454 e. The maximum absolute atomic E-state index is 5.55. The van der Waals surface area contributed by atoms with Crippen LogP contribution in [0.2, 0.25) is 0 Å². The van der Waals surface area contributed by atoms with Crippen LogP contribution in [0.5, 0.6) is 11.5 Å². The number of hydrogen-bond donors (Lipinski definition) is 0. The maximum Gasteiger partial charge on any atom is 0.231 e. The third-order valence-electron chi connectivity index (χ3n) is 4.10. The third kappa shape index (κ3) is 2.20. The van der Waals surface area contributed by atoms with Crippen molar-refractivity contribution in [3.63, 3.8) is 0 Å². The molecule has 2 aliphatic rings. The van der Waals surface area contributed by atoms with Crippen LogP contribution >= 0.6 is 0 Å². The van der Waals surface area contributed by atoms with Crippen LogP contribution < -0.4 is 9.47 Å². The molecule has 3 heteroatoms. The molecule has 0 unspecified atom stereocenters. The molecule has 1 aromatic rings. The Bertz CT molecular complexity index is 567. The van der Waals surface area contributed by atoms with E-state index in [9.17, 15) is 0 Å². The molecule has 0 aromatic heterocycles. The van der Waals surface area contributed by atoms with Crippen molar-refractivity contribution in [2.45, 2.75) is 32.6 Å². The predicted octanol–water partition coefficient (Wildman–Crippen LogP) is 3.58. The lowest BCUT2D eigenvalue weighted by Crippen LogP contribution is -2.32. The Labute approximate surface area is 121 Å². The van der Waals surface area contributed by atoms with Crippen molar-refractivity contribution in [2.24, 2.45) is 0 Å². The van der Waals surface area contributed by atoms with Gasteiger partial charge < -0.3 is 9.47 Å². The fourth-order valence-electron chi connectivity index (χ4n) is 3.29. The van der Waals surface area contributed by atoms with Gasteiger partial charge in [-0.3, -0.25) is 4.48 Å². The lowest BCUT2D eigenvalue weighted by atomic mass is 10.1. The van der Waals surface area contributed by atoms with Gasteiger partial charge in [0.05, 0.1) is 21.1 Å². The van der Waals surface area contributed by atoms with Crippen LogP contribution in [-0.2, 0) is 6.42 Å². The van der Waals surface area contributed by atoms with Gasteiger partial charge in [0.25, 0.3) is 0 Å². The number of fused-ring (bicyclic) bond motifs is 2. The van der Waals surface area contributed by atoms with E-state index in [4.69, 9.17) is 9.47 Å². The molecule has 20 heavy (non-hydrogen) atoms. The third-order valence-corrected chi connectivity index (χ3v) is 4.10. The van der Waals surface area contributed by atoms with Gasteiger partial charge in [-0.25, -0.2) is 0 Å². The van der Waals surface area contributed by atoms with Crippen molar-refractivity contribution < 1.29 is 14.0 Å². The molecular formula is C17H24NO2+. The summed E-state index contributed by atoms with van der Waals surface area (Å²) in [5.74, 6) is 1.80. The summed E-state index contributed by atoms with van der Waals surface area (Å²) in [6.07, 6.45) is 4.77. The van der Waals surface area contributed by atoms with E-state index < -0.39 is 0 Å². The van der Waals surface area contributed by atoms with Crippen LogP contribution in [0.25, 0.3) is 5.70 Å². The van der Waals surface area contributed by atoms with E-state index in [1.165, 1.54) is 36.1 Å². The summed E-state index contributed by atoms with van der Waals surface area (Å²) < 4.78 is 11.9. The molecule has 1 aliphatic carbocycles. The summed E-state index contributed by atoms with van der Waals surface area (Å²) in [6, 6.07) is 4.35. The number of rotatable bonds is 4. The van der Waals surface area contributed by atoms with Crippen molar-refractivity contribution in [2.75, 3.05) is 27.9 Å². The number of allylic oxidation sites excluding steroid dienone is 1. The van der Waals surface area contributed by atoms with E-state index in [-0.39, 0.29) is 0 Å². The molecule has 3 nitrogen and oxygen atoms in total. The number of nitrogens with zero attached hydrogens (tertiary/aromatic N) is 1. The normalized spacial score (nSPS) is 16.8. The first kappa shape index (κ1) is 13.5. The molecule has 0 N–H and O–H groups in total. The molecule has 0 amide bonds. The highest BCUT2D eigenvalue weighted by Gasteiger charge is 2.33. The van der Waals surface area contributed by atoms with Gasteiger partial charge >= 0.3 is 0 Å². The molecule has 1 heterocycles. The van der Waals surface area contributed by atoms with Crippen LogP contribution in [0.15, 0.2) is 17.7 Å². The van der Waals surface area contributed by atoms with Gasteiger partial charge in [-0.15, -0.1) is 0 Å². The SMILES string of the molecule is CCCCC1=C([N+](C)(C)C)c2cc3c(cc2C1)OCO3. The first-order valence-electron chi connectivity index (χ1n) is 7.47. The van der Waals surface area contributed by atoms with Crippen LogP contribution in [0.4, 0.5) is 0 Å². The standard InChI is InChI=1S/C17H24NO2/c1-5-6-7-12-8-13-9-15-16(20-11-19-15)10-14(13)17(12)18(2,3)4/h9-10H,5-8,11H2,1-4H3/q+1. The molecule has 0 bridgehead atoms. The fraction of sp³-hybridized carbons (Fsp3) is 0.529. The summed E-state index contributed by atoms with van der Waals surface area (Å²) in [6.45, 7) is 2.61. The van der Waals surface area contributed by atoms with Crippen LogP contribution in [-0.4, -0.2) is 32.4 Å². The Hall–Kier alpha value is -1.48. The maximum atomic E-state index is 5.55. The first-order valence-corrected chi connectivity index (χ1v) is 7.47. The van der Waals surface area contributed by atoms with Gasteiger partial charge in [0, 0.05) is 12.0 Å². The fourth-order valence-corrected chi connectivity index (χ4v) is 3.29. The number of ether oxygens (including phenoxy) is 2. The average Bonchev–Trinajstić information content (AvgIpc) is 2.94. The monoisotopic (exact) mass is 274 g/mol. The number of benzene rings is 1. The topological polar surface area (TPSA) is 18.5 Å². The predicted molar refractivity (Wildman–Crippen MR) is 80.7 cm³/mol. The highest BCUT2D eigenvalue weighted by Crippen LogP contribution is 2.45. The molecule has 0 radical (unpaired) electrons. The molecule has 0 saturated carbocycles. The van der Waals surface area contributed by atoms with E-state index in [1.54, 1.807) is 5.57 Å². The second-order valence-corrected chi connectivity index (χ2v) is 6.61. The van der Waals surface area contributed by atoms with Crippen molar-refractivity contribution >= 4 is 5.70 Å². The zero-order valence-electron chi connectivity index (χ0n) is 13.0. The number of unbranched alkanes of at least 4 members (excludes halogenated alkanes) is 1. The van der Waals surface area contributed by atoms with Crippen LogP contribution in [0.3, 0.4) is 0 Å². The van der Waals surface area contributed by atoms with E-state index in [2.05, 4.69) is 40.2 Å². The molecule has 1 aliphatic heterocycles. The smallest absolute Gasteiger partial charge is 0.231 e. The Morgan fingerprint density at radius 1 is 1.10 bits per heavy atom. The summed E-state index contributed by atoms with van der Waals surface area (Å²) in [5, 5.41) is 0. The largest absolute Gasteiger partial charge is 0.454 e. The van der Waals surface area contributed by atoms with E-state index in [0.29, 0.717) is 6.79 Å². The van der Waals surface area contributed by atoms with E-state index >= 15 is 0 Å². The quantitative estimate of drug-likeness (QED) is 0.781. The van der Waals surface area contributed by atoms with Crippen molar-refractivity contribution in [1.29, 1.82) is 0 Å². The number of quaternary nitrogens is 1. The van der Waals surface area contributed by atoms with Gasteiger partial charge in [0.15, 0.2) is 11.5 Å². The van der Waals surface area contributed by atoms with Crippen LogP contribution in [0, 0.1) is 0 Å². The van der Waals surface area contributed by atoms with Gasteiger partial charge in [-0.2, -0.15) is 0 Å². The highest BCUT2D eigenvalue weighted by atomic mass is 16.7. The zero-order chi connectivity index (χ0) is 14.3. The van der Waals surface area contributed by atoms with E-state index in [1.807, 2.05) is 0 Å². The molecule has 3 rings (SSSR count). The summed E-state index contributed by atoms with van der Waals surface area (Å²) in [5.41, 5.74) is 5.79. The zero-order valence-corrected chi connectivity index (χ0v) is 13.0. The molecule has 1 aromatic carbocycles. The van der Waals surface area contributed by atoms with Crippen molar-refractivity contribution in [3.05, 3.63) is 28.8 Å². The summed E-state index contributed by atoms with van der Waals surface area (Å²) in [7, 11) is 6.75. The lowest BCUT2D eigenvalue weighted by Gasteiger charge is -2.27. The molecule has 0 saturated heterocycles. The second kappa shape index (κ2) is 4.81. The Balaban J connectivity index is 2.05.